The lowest BCUT2D eigenvalue weighted by atomic mass is 10.2. The van der Waals surface area contributed by atoms with Gasteiger partial charge in [0, 0.05) is 6.54 Å². The van der Waals surface area contributed by atoms with E-state index in [2.05, 4.69) is 7.05 Å². The second-order valence-corrected chi connectivity index (χ2v) is 6.13. The lowest BCUT2D eigenvalue weighted by Crippen LogP contribution is -2.55. The van der Waals surface area contributed by atoms with Crippen LogP contribution in [0.2, 0.25) is 0 Å². The number of likely N-dealkylation sites (N-methyl/N-ethyl adjacent to an activating group) is 1. The predicted octanol–water partition coefficient (Wildman–Crippen LogP) is -2.46. The van der Waals surface area contributed by atoms with Crippen molar-refractivity contribution in [1.29, 1.82) is 0 Å². The minimum Gasteiger partial charge on any atom is -0.389 e. The fraction of sp³-hybridized carbons (Fsp3) is 1.00. The molecule has 3 unspecified atom stereocenters. The Balaban J connectivity index is 2.07. The second-order valence-electron chi connectivity index (χ2n) is 6.13. The summed E-state index contributed by atoms with van der Waals surface area (Å²) < 4.78 is 16.5. The molecule has 0 aliphatic carbocycles. The number of nitrogens with two attached hydrogens (primary N) is 1. The molecule has 0 aromatic heterocycles. The van der Waals surface area contributed by atoms with Crippen LogP contribution in [0.1, 0.15) is 0 Å². The summed E-state index contributed by atoms with van der Waals surface area (Å²) in [6, 6.07) is 0. The van der Waals surface area contributed by atoms with Crippen molar-refractivity contribution in [2.75, 3.05) is 72.9 Å². The standard InChI is InChI=1S/C14H31N2O6/c1-16(2-4-20-5-3-16)7-13(18)9-22-11-14(19)10-21-8-12(17)6-15/h12-14,17-19H,2-11,15H2,1H3/q+1. The normalized spacial score (nSPS) is 22.2. The summed E-state index contributed by atoms with van der Waals surface area (Å²) >= 11 is 0. The lowest BCUT2D eigenvalue weighted by molar-refractivity contribution is -0.919. The molecule has 5 N–H and O–H groups in total. The van der Waals surface area contributed by atoms with Crippen molar-refractivity contribution in [3.63, 3.8) is 0 Å². The molecule has 0 aromatic carbocycles. The number of quaternary nitrogens is 1. The van der Waals surface area contributed by atoms with E-state index in [1.54, 1.807) is 0 Å². The van der Waals surface area contributed by atoms with E-state index in [4.69, 9.17) is 19.9 Å². The Morgan fingerprint density at radius 2 is 1.45 bits per heavy atom. The molecule has 132 valence electrons. The van der Waals surface area contributed by atoms with Gasteiger partial charge in [0.25, 0.3) is 0 Å². The molecule has 0 bridgehead atoms. The van der Waals surface area contributed by atoms with Gasteiger partial charge in [-0.25, -0.2) is 0 Å². The molecule has 1 aliphatic heterocycles. The zero-order valence-corrected chi connectivity index (χ0v) is 13.4. The third kappa shape index (κ3) is 8.35. The van der Waals surface area contributed by atoms with Crippen LogP contribution in [0.4, 0.5) is 0 Å². The van der Waals surface area contributed by atoms with Gasteiger partial charge in [0.15, 0.2) is 0 Å². The molecule has 1 fully saturated rings. The average molecular weight is 323 g/mol. The van der Waals surface area contributed by atoms with Gasteiger partial charge in [-0.2, -0.15) is 0 Å². The van der Waals surface area contributed by atoms with Gasteiger partial charge >= 0.3 is 0 Å². The third-order valence-corrected chi connectivity index (χ3v) is 3.72. The van der Waals surface area contributed by atoms with Gasteiger partial charge in [0.1, 0.15) is 31.8 Å². The first-order valence-corrected chi connectivity index (χ1v) is 7.76. The molecule has 8 heteroatoms. The number of hydrogen-bond acceptors (Lipinski definition) is 7. The Bertz CT molecular complexity index is 289. The van der Waals surface area contributed by atoms with Crippen LogP contribution in [0.25, 0.3) is 0 Å². The number of morpholine rings is 1. The van der Waals surface area contributed by atoms with E-state index < -0.39 is 18.3 Å². The van der Waals surface area contributed by atoms with Crippen LogP contribution in [0.5, 0.6) is 0 Å². The number of hydrogen-bond donors (Lipinski definition) is 4. The van der Waals surface area contributed by atoms with Gasteiger partial charge in [0.2, 0.25) is 0 Å². The summed E-state index contributed by atoms with van der Waals surface area (Å²) in [6.45, 7) is 4.36. The highest BCUT2D eigenvalue weighted by molar-refractivity contribution is 4.59. The van der Waals surface area contributed by atoms with E-state index in [1.165, 1.54) is 0 Å². The first-order valence-electron chi connectivity index (χ1n) is 7.76. The molecular formula is C14H31N2O6+. The van der Waals surface area contributed by atoms with Crippen molar-refractivity contribution in [2.24, 2.45) is 5.73 Å². The van der Waals surface area contributed by atoms with Gasteiger partial charge in [-0.1, -0.05) is 0 Å². The molecule has 1 heterocycles. The topological polar surface area (TPSA) is 114 Å². The molecule has 0 amide bonds. The summed E-state index contributed by atoms with van der Waals surface area (Å²) in [4.78, 5) is 0. The lowest BCUT2D eigenvalue weighted by Gasteiger charge is -2.38. The monoisotopic (exact) mass is 323 g/mol. The Morgan fingerprint density at radius 1 is 0.955 bits per heavy atom. The van der Waals surface area contributed by atoms with Crippen LogP contribution < -0.4 is 5.73 Å². The molecular weight excluding hydrogens is 292 g/mol. The highest BCUT2D eigenvalue weighted by atomic mass is 16.5. The molecule has 1 rings (SSSR count). The maximum absolute atomic E-state index is 10.0. The minimum atomic E-state index is -0.787. The summed E-state index contributed by atoms with van der Waals surface area (Å²) in [7, 11) is 2.09. The molecule has 22 heavy (non-hydrogen) atoms. The van der Waals surface area contributed by atoms with E-state index >= 15 is 0 Å². The van der Waals surface area contributed by atoms with Gasteiger partial charge in [-0.15, -0.1) is 0 Å². The van der Waals surface area contributed by atoms with E-state index in [0.717, 1.165) is 30.8 Å². The highest BCUT2D eigenvalue weighted by Gasteiger charge is 2.28. The minimum absolute atomic E-state index is 0.0677. The molecule has 1 saturated heterocycles. The fourth-order valence-corrected chi connectivity index (χ4v) is 2.32. The SMILES string of the molecule is C[N+]1(CC(O)COCC(O)COCC(O)CN)CCOCC1. The second kappa shape index (κ2) is 10.5. The van der Waals surface area contributed by atoms with Gasteiger partial charge in [-0.05, 0) is 0 Å². The quantitative estimate of drug-likeness (QED) is 0.312. The average Bonchev–Trinajstić information content (AvgIpc) is 2.47. The van der Waals surface area contributed by atoms with Gasteiger partial charge in [-0.3, -0.25) is 0 Å². The maximum Gasteiger partial charge on any atom is 0.126 e. The Labute approximate surface area is 132 Å². The number of ether oxygens (including phenoxy) is 3. The summed E-state index contributed by atoms with van der Waals surface area (Å²) in [5.74, 6) is 0. The van der Waals surface area contributed by atoms with Crippen molar-refractivity contribution in [3.8, 4) is 0 Å². The molecule has 0 spiro atoms. The smallest absolute Gasteiger partial charge is 0.126 e. The summed E-state index contributed by atoms with van der Waals surface area (Å²) in [5, 5.41) is 28.9. The van der Waals surface area contributed by atoms with Crippen LogP contribution >= 0.6 is 0 Å². The number of rotatable bonds is 11. The van der Waals surface area contributed by atoms with Gasteiger partial charge in [0.05, 0.1) is 52.8 Å². The van der Waals surface area contributed by atoms with Crippen LogP contribution in [-0.2, 0) is 14.2 Å². The number of nitrogens with zero attached hydrogens (tertiary/aromatic N) is 1. The van der Waals surface area contributed by atoms with Crippen LogP contribution in [-0.4, -0.2) is 111 Å². The summed E-state index contributed by atoms with van der Waals surface area (Å²) in [5.41, 5.74) is 5.24. The van der Waals surface area contributed by atoms with E-state index in [-0.39, 0.29) is 33.0 Å². The molecule has 0 aromatic rings. The number of aliphatic hydroxyl groups excluding tert-OH is 3. The van der Waals surface area contributed by atoms with Crippen molar-refractivity contribution < 1.29 is 34.0 Å². The first-order chi connectivity index (χ1) is 10.4. The Kier molecular flexibility index (Phi) is 9.37. The van der Waals surface area contributed by atoms with E-state index in [1.807, 2.05) is 0 Å². The molecule has 8 nitrogen and oxygen atoms in total. The van der Waals surface area contributed by atoms with Crippen molar-refractivity contribution in [2.45, 2.75) is 18.3 Å². The zero-order valence-electron chi connectivity index (χ0n) is 13.4. The van der Waals surface area contributed by atoms with Crippen molar-refractivity contribution in [1.82, 2.24) is 0 Å². The zero-order chi connectivity index (χ0) is 16.4. The first kappa shape index (κ1) is 19.7. The predicted molar refractivity (Wildman–Crippen MR) is 80.3 cm³/mol. The van der Waals surface area contributed by atoms with E-state index in [9.17, 15) is 15.3 Å². The molecule has 3 atom stereocenters. The Morgan fingerprint density at radius 3 is 2.00 bits per heavy atom. The third-order valence-electron chi connectivity index (χ3n) is 3.72. The summed E-state index contributed by atoms with van der Waals surface area (Å²) in [6.07, 6.45) is -2.08. The van der Waals surface area contributed by atoms with Gasteiger partial charge < -0.3 is 39.7 Å². The van der Waals surface area contributed by atoms with E-state index in [0.29, 0.717) is 6.54 Å². The maximum atomic E-state index is 10.0. The van der Waals surface area contributed by atoms with Crippen molar-refractivity contribution in [3.05, 3.63) is 0 Å². The molecule has 1 aliphatic rings. The van der Waals surface area contributed by atoms with Crippen molar-refractivity contribution >= 4 is 0 Å². The van der Waals surface area contributed by atoms with Crippen LogP contribution in [0.15, 0.2) is 0 Å². The number of aliphatic hydroxyl groups is 3. The van der Waals surface area contributed by atoms with Crippen LogP contribution in [0, 0.1) is 0 Å². The Hall–Kier alpha value is -0.320. The van der Waals surface area contributed by atoms with Crippen LogP contribution in [0.3, 0.4) is 0 Å². The highest BCUT2D eigenvalue weighted by Crippen LogP contribution is 2.09. The fourth-order valence-electron chi connectivity index (χ4n) is 2.32. The molecule has 0 radical (unpaired) electrons. The largest absolute Gasteiger partial charge is 0.389 e. The molecule has 0 saturated carbocycles.